The molecule has 4 nitrogen and oxygen atoms in total. The summed E-state index contributed by atoms with van der Waals surface area (Å²) in [5.74, 6) is 0.772. The predicted octanol–water partition coefficient (Wildman–Crippen LogP) is 6.24. The number of aromatic hydroxyl groups is 1. The van der Waals surface area contributed by atoms with Gasteiger partial charge in [-0.25, -0.2) is 0 Å². The normalized spacial score (nSPS) is 13.0. The molecule has 0 aliphatic heterocycles. The molecule has 0 fully saturated rings. The van der Waals surface area contributed by atoms with Crippen molar-refractivity contribution in [3.63, 3.8) is 0 Å². The topological polar surface area (TPSA) is 58.6 Å². The second kappa shape index (κ2) is 10.2. The first-order valence-corrected chi connectivity index (χ1v) is 11.4. The first-order chi connectivity index (χ1) is 14.6. The Morgan fingerprint density at radius 3 is 2.23 bits per heavy atom. The third-order valence-electron chi connectivity index (χ3n) is 6.64. The largest absolute Gasteiger partial charge is 0.508 e. The van der Waals surface area contributed by atoms with Gasteiger partial charge < -0.3 is 15.2 Å². The van der Waals surface area contributed by atoms with Gasteiger partial charge in [-0.05, 0) is 47.8 Å². The molecule has 0 aliphatic carbocycles. The number of nitrogens with one attached hydrogen (secondary N) is 1. The van der Waals surface area contributed by atoms with E-state index in [9.17, 15) is 9.90 Å². The van der Waals surface area contributed by atoms with Crippen LogP contribution in [0.3, 0.4) is 0 Å². The number of ether oxygens (including phenoxy) is 1. The van der Waals surface area contributed by atoms with E-state index in [1.54, 1.807) is 18.2 Å². The lowest BCUT2D eigenvalue weighted by Gasteiger charge is -2.31. The molecular weight excluding hydrogens is 386 g/mol. The summed E-state index contributed by atoms with van der Waals surface area (Å²) in [6.45, 7) is 15.6. The highest BCUT2D eigenvalue weighted by molar-refractivity contribution is 5.81. The molecule has 31 heavy (non-hydrogen) atoms. The van der Waals surface area contributed by atoms with Gasteiger partial charge in [-0.1, -0.05) is 78.8 Å². The number of phenolic OH excluding ortho intramolecular Hbond substituents is 1. The lowest BCUT2D eigenvalue weighted by molar-refractivity contribution is -0.128. The van der Waals surface area contributed by atoms with E-state index in [0.717, 1.165) is 24.2 Å². The molecule has 0 saturated heterocycles. The van der Waals surface area contributed by atoms with Crippen molar-refractivity contribution in [1.29, 1.82) is 0 Å². The summed E-state index contributed by atoms with van der Waals surface area (Å²) >= 11 is 0. The molecule has 0 spiro atoms. The number of hydrogen-bond donors (Lipinski definition) is 2. The van der Waals surface area contributed by atoms with E-state index in [0.29, 0.717) is 12.0 Å². The van der Waals surface area contributed by atoms with Crippen molar-refractivity contribution < 1.29 is 14.6 Å². The molecule has 2 N–H and O–H groups in total. The number of para-hydroxylation sites is 1. The Kier molecular flexibility index (Phi) is 8.16. The first-order valence-electron chi connectivity index (χ1n) is 11.4. The fraction of sp³-hybridized carbons (Fsp3) is 0.519. The molecule has 1 unspecified atom stereocenters. The molecule has 2 aromatic carbocycles. The zero-order valence-electron chi connectivity index (χ0n) is 20.2. The Labute approximate surface area is 188 Å². The fourth-order valence-electron chi connectivity index (χ4n) is 3.41. The molecule has 0 heterocycles. The van der Waals surface area contributed by atoms with Crippen LogP contribution in [0.4, 0.5) is 0 Å². The summed E-state index contributed by atoms with van der Waals surface area (Å²) in [4.78, 5) is 12.8. The molecule has 170 valence electrons. The van der Waals surface area contributed by atoms with Crippen molar-refractivity contribution in [2.75, 3.05) is 0 Å². The standard InChI is InChI=1S/C27H39NO3/c1-8-23(25(30)28-18-19-13-11-12-14-22(19)29)31-24-16-15-20(26(4,5)9-2)17-21(24)27(6,7)10-3/h11-17,23,29H,8-10,18H2,1-7H3,(H,28,30). The average molecular weight is 426 g/mol. The monoisotopic (exact) mass is 425 g/mol. The van der Waals surface area contributed by atoms with Crippen molar-refractivity contribution in [2.45, 2.75) is 91.2 Å². The number of hydrogen-bond acceptors (Lipinski definition) is 3. The van der Waals surface area contributed by atoms with E-state index in [4.69, 9.17) is 4.74 Å². The van der Waals surface area contributed by atoms with E-state index >= 15 is 0 Å². The van der Waals surface area contributed by atoms with Crippen molar-refractivity contribution >= 4 is 5.91 Å². The summed E-state index contributed by atoms with van der Waals surface area (Å²) in [7, 11) is 0. The number of benzene rings is 2. The van der Waals surface area contributed by atoms with E-state index in [1.165, 1.54) is 5.56 Å². The van der Waals surface area contributed by atoms with E-state index < -0.39 is 6.10 Å². The highest BCUT2D eigenvalue weighted by Crippen LogP contribution is 2.39. The molecule has 4 heteroatoms. The lowest BCUT2D eigenvalue weighted by Crippen LogP contribution is -2.38. The smallest absolute Gasteiger partial charge is 0.261 e. The second-order valence-electron chi connectivity index (χ2n) is 9.55. The quantitative estimate of drug-likeness (QED) is 0.473. The van der Waals surface area contributed by atoms with Crippen molar-refractivity contribution in [2.24, 2.45) is 0 Å². The van der Waals surface area contributed by atoms with Gasteiger partial charge >= 0.3 is 0 Å². The van der Waals surface area contributed by atoms with Crippen molar-refractivity contribution in [3.8, 4) is 11.5 Å². The molecule has 0 saturated carbocycles. The lowest BCUT2D eigenvalue weighted by atomic mass is 9.76. The van der Waals surface area contributed by atoms with Gasteiger partial charge in [-0.2, -0.15) is 0 Å². The van der Waals surface area contributed by atoms with E-state index in [-0.39, 0.29) is 29.0 Å². The van der Waals surface area contributed by atoms with Gasteiger partial charge in [0.05, 0.1) is 0 Å². The maximum absolute atomic E-state index is 12.8. The average Bonchev–Trinajstić information content (AvgIpc) is 2.76. The highest BCUT2D eigenvalue weighted by atomic mass is 16.5. The summed E-state index contributed by atoms with van der Waals surface area (Å²) in [6.07, 6.45) is 1.98. The molecule has 1 atom stereocenters. The summed E-state index contributed by atoms with van der Waals surface area (Å²) in [5.41, 5.74) is 3.12. The Bertz CT molecular complexity index is 886. The summed E-state index contributed by atoms with van der Waals surface area (Å²) < 4.78 is 6.29. The number of carbonyl (C=O) groups excluding carboxylic acids is 1. The molecule has 0 bridgehead atoms. The van der Waals surface area contributed by atoms with Crippen LogP contribution in [0.1, 0.15) is 84.4 Å². The third kappa shape index (κ3) is 6.03. The van der Waals surface area contributed by atoms with Gasteiger partial charge in [0.1, 0.15) is 11.5 Å². The highest BCUT2D eigenvalue weighted by Gasteiger charge is 2.28. The van der Waals surface area contributed by atoms with Gasteiger partial charge in [0.15, 0.2) is 6.10 Å². The molecule has 0 aromatic heterocycles. The molecular formula is C27H39NO3. The molecule has 2 aromatic rings. The van der Waals surface area contributed by atoms with Crippen LogP contribution < -0.4 is 10.1 Å². The van der Waals surface area contributed by atoms with Crippen LogP contribution in [0.15, 0.2) is 42.5 Å². The van der Waals surface area contributed by atoms with Gasteiger partial charge in [-0.15, -0.1) is 0 Å². The maximum atomic E-state index is 12.8. The Morgan fingerprint density at radius 1 is 1.00 bits per heavy atom. The molecule has 0 aliphatic rings. The third-order valence-corrected chi connectivity index (χ3v) is 6.64. The van der Waals surface area contributed by atoms with Crippen LogP contribution in [0.2, 0.25) is 0 Å². The van der Waals surface area contributed by atoms with Gasteiger partial charge in [0.2, 0.25) is 0 Å². The van der Waals surface area contributed by atoms with Crippen LogP contribution >= 0.6 is 0 Å². The van der Waals surface area contributed by atoms with E-state index in [1.807, 2.05) is 19.1 Å². The van der Waals surface area contributed by atoms with Crippen molar-refractivity contribution in [3.05, 3.63) is 59.2 Å². The summed E-state index contributed by atoms with van der Waals surface area (Å²) in [6, 6.07) is 13.4. The van der Waals surface area contributed by atoms with Crippen LogP contribution in [-0.2, 0) is 22.2 Å². The fourth-order valence-corrected chi connectivity index (χ4v) is 3.41. The molecule has 0 radical (unpaired) electrons. The number of amides is 1. The second-order valence-corrected chi connectivity index (χ2v) is 9.55. The number of phenols is 1. The number of rotatable bonds is 10. The predicted molar refractivity (Wildman–Crippen MR) is 128 cm³/mol. The van der Waals surface area contributed by atoms with Crippen LogP contribution in [-0.4, -0.2) is 17.1 Å². The van der Waals surface area contributed by atoms with Gasteiger partial charge in [-0.3, -0.25) is 4.79 Å². The Hall–Kier alpha value is -2.49. The van der Waals surface area contributed by atoms with Crippen LogP contribution in [0.5, 0.6) is 11.5 Å². The SMILES string of the molecule is CCC(Oc1ccc(C(C)(C)CC)cc1C(C)(C)CC)C(=O)NCc1ccccc1O. The zero-order chi connectivity index (χ0) is 23.2. The minimum atomic E-state index is -0.595. The van der Waals surface area contributed by atoms with Gasteiger partial charge in [0.25, 0.3) is 5.91 Å². The summed E-state index contributed by atoms with van der Waals surface area (Å²) in [5, 5.41) is 12.8. The Morgan fingerprint density at radius 2 is 1.65 bits per heavy atom. The molecule has 1 amide bonds. The minimum Gasteiger partial charge on any atom is -0.508 e. The minimum absolute atomic E-state index is 0.0697. The number of carbonyl (C=O) groups is 1. The van der Waals surface area contributed by atoms with E-state index in [2.05, 4.69) is 59.0 Å². The first kappa shape index (κ1) is 24.8. The van der Waals surface area contributed by atoms with Crippen molar-refractivity contribution in [1.82, 2.24) is 5.32 Å². The van der Waals surface area contributed by atoms with Crippen LogP contribution in [0.25, 0.3) is 0 Å². The maximum Gasteiger partial charge on any atom is 0.261 e. The van der Waals surface area contributed by atoms with Crippen LogP contribution in [0, 0.1) is 0 Å². The molecule has 2 rings (SSSR count). The van der Waals surface area contributed by atoms with Gasteiger partial charge in [0, 0.05) is 17.7 Å². The zero-order valence-corrected chi connectivity index (χ0v) is 20.2. The Balaban J connectivity index is 2.27.